The zero-order valence-corrected chi connectivity index (χ0v) is 12.4. The zero-order valence-electron chi connectivity index (χ0n) is 10.00. The van der Waals surface area contributed by atoms with E-state index in [2.05, 4.69) is 21.4 Å². The highest BCUT2D eigenvalue weighted by Gasteiger charge is 2.18. The van der Waals surface area contributed by atoms with Crippen LogP contribution >= 0.6 is 27.3 Å². The lowest BCUT2D eigenvalue weighted by Crippen LogP contribution is -2.28. The molecule has 0 saturated heterocycles. The standard InChI is InChI=1S/C13H13BrF2N2S/c14-12-9(4-5-10(15)13(12)16)11(18-17)6-3-8-2-1-7-19-8/h1-2,4-5,7,11,18H,3,6,17H2. The molecule has 0 fully saturated rings. The molecule has 1 atom stereocenters. The minimum atomic E-state index is -0.881. The first kappa shape index (κ1) is 14.6. The van der Waals surface area contributed by atoms with Crippen LogP contribution in [0, 0.1) is 11.6 Å². The molecule has 0 aliphatic carbocycles. The molecule has 2 aromatic rings. The number of hydrogen-bond donors (Lipinski definition) is 2. The van der Waals surface area contributed by atoms with Gasteiger partial charge in [-0.25, -0.2) is 8.78 Å². The monoisotopic (exact) mass is 346 g/mol. The Morgan fingerprint density at radius 3 is 2.74 bits per heavy atom. The van der Waals surface area contributed by atoms with Crippen LogP contribution < -0.4 is 11.3 Å². The molecule has 1 unspecified atom stereocenters. The number of nitrogens with two attached hydrogens (primary N) is 1. The van der Waals surface area contributed by atoms with E-state index in [4.69, 9.17) is 5.84 Å². The summed E-state index contributed by atoms with van der Waals surface area (Å²) in [6.45, 7) is 0. The molecule has 0 amide bonds. The number of rotatable bonds is 5. The summed E-state index contributed by atoms with van der Waals surface area (Å²) in [5.74, 6) is 3.77. The predicted molar refractivity (Wildman–Crippen MR) is 76.8 cm³/mol. The Hall–Kier alpha value is -0.820. The average Bonchev–Trinajstić information content (AvgIpc) is 2.92. The highest BCUT2D eigenvalue weighted by atomic mass is 79.9. The Labute approximate surface area is 122 Å². The van der Waals surface area contributed by atoms with Gasteiger partial charge in [0.15, 0.2) is 11.6 Å². The van der Waals surface area contributed by atoms with Crippen molar-refractivity contribution >= 4 is 27.3 Å². The van der Waals surface area contributed by atoms with Crippen LogP contribution in [0.15, 0.2) is 34.1 Å². The van der Waals surface area contributed by atoms with Gasteiger partial charge in [-0.1, -0.05) is 12.1 Å². The Kier molecular flexibility index (Phi) is 5.04. The topological polar surface area (TPSA) is 38.0 Å². The summed E-state index contributed by atoms with van der Waals surface area (Å²) in [5.41, 5.74) is 3.28. The van der Waals surface area contributed by atoms with Crippen LogP contribution in [0.3, 0.4) is 0 Å². The van der Waals surface area contributed by atoms with Crippen molar-refractivity contribution in [2.45, 2.75) is 18.9 Å². The zero-order chi connectivity index (χ0) is 13.8. The SMILES string of the molecule is NNC(CCc1cccs1)c1ccc(F)c(F)c1Br. The van der Waals surface area contributed by atoms with Crippen molar-refractivity contribution < 1.29 is 8.78 Å². The summed E-state index contributed by atoms with van der Waals surface area (Å²) in [4.78, 5) is 1.24. The van der Waals surface area contributed by atoms with E-state index in [1.807, 2.05) is 17.5 Å². The van der Waals surface area contributed by atoms with Crippen LogP contribution in [0.5, 0.6) is 0 Å². The van der Waals surface area contributed by atoms with Gasteiger partial charge in [0.1, 0.15) is 0 Å². The third-order valence-electron chi connectivity index (χ3n) is 2.90. The van der Waals surface area contributed by atoms with Crippen LogP contribution in [0.4, 0.5) is 8.78 Å². The van der Waals surface area contributed by atoms with Crippen LogP contribution in [-0.2, 0) is 6.42 Å². The second-order valence-electron chi connectivity index (χ2n) is 4.10. The van der Waals surface area contributed by atoms with Gasteiger partial charge in [-0.05, 0) is 51.8 Å². The highest BCUT2D eigenvalue weighted by molar-refractivity contribution is 9.10. The largest absolute Gasteiger partial charge is 0.271 e. The smallest absolute Gasteiger partial charge is 0.173 e. The molecular weight excluding hydrogens is 334 g/mol. The first-order valence-electron chi connectivity index (χ1n) is 5.75. The molecule has 0 bridgehead atoms. The van der Waals surface area contributed by atoms with Crippen LogP contribution in [0.25, 0.3) is 0 Å². The molecule has 2 rings (SSSR count). The highest BCUT2D eigenvalue weighted by Crippen LogP contribution is 2.30. The van der Waals surface area contributed by atoms with Crippen molar-refractivity contribution in [3.63, 3.8) is 0 Å². The van der Waals surface area contributed by atoms with E-state index in [0.29, 0.717) is 12.0 Å². The first-order valence-corrected chi connectivity index (χ1v) is 7.42. The van der Waals surface area contributed by atoms with Gasteiger partial charge in [-0.3, -0.25) is 11.3 Å². The van der Waals surface area contributed by atoms with E-state index in [1.54, 1.807) is 17.4 Å². The summed E-state index contributed by atoms with van der Waals surface area (Å²) < 4.78 is 26.7. The van der Waals surface area contributed by atoms with Gasteiger partial charge < -0.3 is 0 Å². The van der Waals surface area contributed by atoms with Crippen molar-refractivity contribution in [1.29, 1.82) is 0 Å². The van der Waals surface area contributed by atoms with Gasteiger partial charge in [-0.15, -0.1) is 11.3 Å². The summed E-state index contributed by atoms with van der Waals surface area (Å²) >= 11 is 4.75. The first-order chi connectivity index (χ1) is 9.13. The number of hydrazine groups is 1. The number of halogens is 3. The lowest BCUT2D eigenvalue weighted by atomic mass is 10.0. The van der Waals surface area contributed by atoms with Crippen LogP contribution in [0.2, 0.25) is 0 Å². The fourth-order valence-corrected chi connectivity index (χ4v) is 3.20. The number of aryl methyl sites for hydroxylation is 1. The third-order valence-corrected chi connectivity index (χ3v) is 4.64. The molecule has 1 heterocycles. The number of hydrogen-bond acceptors (Lipinski definition) is 3. The molecule has 1 aromatic carbocycles. The van der Waals surface area contributed by atoms with Gasteiger partial charge in [0.2, 0.25) is 0 Å². The lowest BCUT2D eigenvalue weighted by molar-refractivity contribution is 0.483. The van der Waals surface area contributed by atoms with Crippen molar-refractivity contribution in [2.24, 2.45) is 5.84 Å². The number of benzene rings is 1. The third kappa shape index (κ3) is 3.39. The van der Waals surface area contributed by atoms with Gasteiger partial charge in [0, 0.05) is 10.9 Å². The normalized spacial score (nSPS) is 12.6. The predicted octanol–water partition coefficient (Wildman–Crippen LogP) is 3.93. The van der Waals surface area contributed by atoms with E-state index < -0.39 is 11.6 Å². The fraction of sp³-hybridized carbons (Fsp3) is 0.231. The minimum Gasteiger partial charge on any atom is -0.271 e. The number of nitrogens with one attached hydrogen (secondary N) is 1. The molecular formula is C13H13BrF2N2S. The second kappa shape index (κ2) is 6.56. The molecule has 0 aliphatic rings. The van der Waals surface area contributed by atoms with Crippen LogP contribution in [-0.4, -0.2) is 0 Å². The van der Waals surface area contributed by atoms with Gasteiger partial charge in [-0.2, -0.15) is 0 Å². The van der Waals surface area contributed by atoms with E-state index >= 15 is 0 Å². The van der Waals surface area contributed by atoms with Gasteiger partial charge >= 0.3 is 0 Å². The average molecular weight is 347 g/mol. The Balaban J connectivity index is 2.15. The Morgan fingerprint density at radius 1 is 1.32 bits per heavy atom. The van der Waals surface area contributed by atoms with Crippen molar-refractivity contribution in [1.82, 2.24) is 5.43 Å². The molecule has 3 N–H and O–H groups in total. The van der Waals surface area contributed by atoms with Crippen molar-refractivity contribution in [3.8, 4) is 0 Å². The van der Waals surface area contributed by atoms with Crippen LogP contribution in [0.1, 0.15) is 22.9 Å². The lowest BCUT2D eigenvalue weighted by Gasteiger charge is -2.18. The summed E-state index contributed by atoms with van der Waals surface area (Å²) in [5, 5.41) is 2.01. The molecule has 102 valence electrons. The summed E-state index contributed by atoms with van der Waals surface area (Å²) in [7, 11) is 0. The quantitative estimate of drug-likeness (QED) is 0.489. The summed E-state index contributed by atoms with van der Waals surface area (Å²) in [6, 6.07) is 6.45. The molecule has 2 nitrogen and oxygen atoms in total. The molecule has 1 aromatic heterocycles. The van der Waals surface area contributed by atoms with Gasteiger partial charge in [0.25, 0.3) is 0 Å². The Bertz CT molecular complexity index is 546. The van der Waals surface area contributed by atoms with E-state index in [9.17, 15) is 8.78 Å². The van der Waals surface area contributed by atoms with Gasteiger partial charge in [0.05, 0.1) is 4.47 Å². The maximum Gasteiger partial charge on any atom is 0.173 e. The van der Waals surface area contributed by atoms with Crippen molar-refractivity contribution in [2.75, 3.05) is 0 Å². The van der Waals surface area contributed by atoms with E-state index in [-0.39, 0.29) is 10.5 Å². The molecule has 0 radical (unpaired) electrons. The summed E-state index contributed by atoms with van der Waals surface area (Å²) in [6.07, 6.45) is 1.54. The molecule has 19 heavy (non-hydrogen) atoms. The van der Waals surface area contributed by atoms with Crippen molar-refractivity contribution in [3.05, 3.63) is 56.2 Å². The van der Waals surface area contributed by atoms with E-state index in [0.717, 1.165) is 12.5 Å². The maximum absolute atomic E-state index is 13.5. The maximum atomic E-state index is 13.5. The van der Waals surface area contributed by atoms with E-state index in [1.165, 1.54) is 4.88 Å². The molecule has 0 saturated carbocycles. The Morgan fingerprint density at radius 2 is 2.11 bits per heavy atom. The molecule has 0 spiro atoms. The fourth-order valence-electron chi connectivity index (χ4n) is 1.88. The number of thiophene rings is 1. The minimum absolute atomic E-state index is 0.127. The molecule has 0 aliphatic heterocycles. The molecule has 6 heteroatoms. The second-order valence-corrected chi connectivity index (χ2v) is 5.93.